The highest BCUT2D eigenvalue weighted by Gasteiger charge is 2.42. The van der Waals surface area contributed by atoms with Gasteiger partial charge in [-0.05, 0) is 31.1 Å². The van der Waals surface area contributed by atoms with Crippen LogP contribution in [0, 0.1) is 11.8 Å². The molecule has 1 N–H and O–H groups in total. The molecular weight excluding hydrogens is 486 g/mol. The molecule has 0 spiro atoms. The standard InChI is InChI=1S/C18H30F3N5O.HI/c1-22-17(23-11-16(27)24(2)12-18(19,20)21)26-7-5-25(6-8-26)15-10-13-3-4-14(15)9-13;/h13-15H,3-12H2,1-2H3,(H,22,23);1H. The van der Waals surface area contributed by atoms with Gasteiger partial charge in [-0.15, -0.1) is 24.0 Å². The summed E-state index contributed by atoms with van der Waals surface area (Å²) in [6, 6.07) is 0.721. The minimum atomic E-state index is -4.39. The maximum atomic E-state index is 12.4. The van der Waals surface area contributed by atoms with Crippen molar-refractivity contribution in [2.45, 2.75) is 37.9 Å². The predicted molar refractivity (Wildman–Crippen MR) is 113 cm³/mol. The topological polar surface area (TPSA) is 51.2 Å². The summed E-state index contributed by atoms with van der Waals surface area (Å²) in [6.45, 7) is 2.15. The van der Waals surface area contributed by atoms with E-state index in [9.17, 15) is 18.0 Å². The molecule has 1 heterocycles. The van der Waals surface area contributed by atoms with E-state index >= 15 is 0 Å². The number of piperazine rings is 1. The van der Waals surface area contributed by atoms with Crippen molar-refractivity contribution in [1.29, 1.82) is 0 Å². The molecule has 2 bridgehead atoms. The smallest absolute Gasteiger partial charge is 0.347 e. The summed E-state index contributed by atoms with van der Waals surface area (Å²) in [4.78, 5) is 21.5. The molecule has 1 saturated heterocycles. The lowest BCUT2D eigenvalue weighted by Crippen LogP contribution is -2.56. The van der Waals surface area contributed by atoms with Gasteiger partial charge in [0.25, 0.3) is 0 Å². The molecule has 2 aliphatic carbocycles. The highest BCUT2D eigenvalue weighted by molar-refractivity contribution is 14.0. The first-order valence-corrected chi connectivity index (χ1v) is 9.77. The minimum absolute atomic E-state index is 0. The number of aliphatic imine (C=N–C) groups is 1. The first kappa shape index (κ1) is 23.5. The molecule has 3 aliphatic rings. The molecule has 0 aromatic heterocycles. The highest BCUT2D eigenvalue weighted by atomic mass is 127. The Morgan fingerprint density at radius 2 is 1.86 bits per heavy atom. The van der Waals surface area contributed by atoms with E-state index in [1.54, 1.807) is 7.05 Å². The maximum Gasteiger partial charge on any atom is 0.406 e. The van der Waals surface area contributed by atoms with Crippen LogP contribution in [0.5, 0.6) is 0 Å². The number of guanidine groups is 1. The Hall–Kier alpha value is -0.780. The molecule has 1 aliphatic heterocycles. The van der Waals surface area contributed by atoms with Crippen LogP contribution in [-0.2, 0) is 4.79 Å². The fourth-order valence-electron chi connectivity index (χ4n) is 4.90. The van der Waals surface area contributed by atoms with Crippen LogP contribution in [0.15, 0.2) is 4.99 Å². The molecular formula is C18H31F3IN5O. The van der Waals surface area contributed by atoms with Gasteiger partial charge in [-0.3, -0.25) is 14.7 Å². The van der Waals surface area contributed by atoms with Crippen LogP contribution in [0.25, 0.3) is 0 Å². The van der Waals surface area contributed by atoms with Crippen LogP contribution in [0.4, 0.5) is 13.2 Å². The number of fused-ring (bicyclic) bond motifs is 2. The summed E-state index contributed by atoms with van der Waals surface area (Å²) in [6.07, 6.45) is 1.10. The van der Waals surface area contributed by atoms with Crippen molar-refractivity contribution in [2.75, 3.05) is 53.4 Å². The van der Waals surface area contributed by atoms with E-state index < -0.39 is 18.6 Å². The van der Waals surface area contributed by atoms with Crippen LogP contribution in [-0.4, -0.2) is 92.1 Å². The average molecular weight is 517 g/mol. The Balaban J connectivity index is 0.00000280. The zero-order valence-electron chi connectivity index (χ0n) is 16.5. The van der Waals surface area contributed by atoms with Crippen LogP contribution in [0.3, 0.4) is 0 Å². The van der Waals surface area contributed by atoms with Gasteiger partial charge < -0.3 is 15.1 Å². The molecule has 2 saturated carbocycles. The maximum absolute atomic E-state index is 12.4. The molecule has 162 valence electrons. The molecule has 0 aromatic carbocycles. The number of amides is 1. The van der Waals surface area contributed by atoms with E-state index in [1.165, 1.54) is 25.7 Å². The Morgan fingerprint density at radius 3 is 2.36 bits per heavy atom. The van der Waals surface area contributed by atoms with Crippen molar-refractivity contribution in [1.82, 2.24) is 20.0 Å². The first-order valence-electron chi connectivity index (χ1n) is 9.77. The van der Waals surface area contributed by atoms with E-state index in [-0.39, 0.29) is 30.5 Å². The van der Waals surface area contributed by atoms with E-state index in [1.807, 2.05) is 0 Å². The van der Waals surface area contributed by atoms with Crippen molar-refractivity contribution < 1.29 is 18.0 Å². The second-order valence-electron chi connectivity index (χ2n) is 8.03. The number of halogens is 4. The number of hydrogen-bond donors (Lipinski definition) is 1. The minimum Gasteiger partial charge on any atom is -0.347 e. The summed E-state index contributed by atoms with van der Waals surface area (Å²) >= 11 is 0. The van der Waals surface area contributed by atoms with E-state index in [0.717, 1.165) is 51.1 Å². The van der Waals surface area contributed by atoms with Gasteiger partial charge in [0.2, 0.25) is 5.91 Å². The molecule has 28 heavy (non-hydrogen) atoms. The van der Waals surface area contributed by atoms with Crippen molar-refractivity contribution in [3.05, 3.63) is 0 Å². The summed E-state index contributed by atoms with van der Waals surface area (Å²) in [5, 5.41) is 2.92. The normalized spacial score (nSPS) is 28.2. The summed E-state index contributed by atoms with van der Waals surface area (Å²) in [5.41, 5.74) is 0. The molecule has 0 aromatic rings. The summed E-state index contributed by atoms with van der Waals surface area (Å²) < 4.78 is 37.2. The molecule has 10 heteroatoms. The number of nitrogens with zero attached hydrogens (tertiary/aromatic N) is 4. The first-order chi connectivity index (χ1) is 12.8. The van der Waals surface area contributed by atoms with Gasteiger partial charge in [0.15, 0.2) is 5.96 Å². The zero-order chi connectivity index (χ0) is 19.6. The zero-order valence-corrected chi connectivity index (χ0v) is 18.9. The predicted octanol–water partition coefficient (Wildman–Crippen LogP) is 2.01. The SMILES string of the molecule is CN=C(NCC(=O)N(C)CC(F)(F)F)N1CCN(C2CC3CCC2C3)CC1.I. The number of carbonyl (C=O) groups is 1. The van der Waals surface area contributed by atoms with E-state index in [4.69, 9.17) is 0 Å². The molecule has 0 radical (unpaired) electrons. The van der Waals surface area contributed by atoms with Gasteiger partial charge in [0, 0.05) is 46.3 Å². The lowest BCUT2D eigenvalue weighted by atomic mass is 9.93. The largest absolute Gasteiger partial charge is 0.406 e. The van der Waals surface area contributed by atoms with Crippen molar-refractivity contribution in [3.63, 3.8) is 0 Å². The molecule has 6 nitrogen and oxygen atoms in total. The number of alkyl halides is 3. The second kappa shape index (κ2) is 9.82. The fraction of sp³-hybridized carbons (Fsp3) is 0.889. The summed E-state index contributed by atoms with van der Waals surface area (Å²) in [5.74, 6) is 1.76. The van der Waals surface area contributed by atoms with Gasteiger partial charge in [0.1, 0.15) is 6.54 Å². The Kier molecular flexibility index (Phi) is 8.24. The van der Waals surface area contributed by atoms with Crippen LogP contribution in [0.2, 0.25) is 0 Å². The molecule has 3 atom stereocenters. The van der Waals surface area contributed by atoms with Gasteiger partial charge >= 0.3 is 6.18 Å². The average Bonchev–Trinajstić information content (AvgIpc) is 3.24. The van der Waals surface area contributed by atoms with Crippen LogP contribution in [0.1, 0.15) is 25.7 Å². The second-order valence-corrected chi connectivity index (χ2v) is 8.03. The highest BCUT2D eigenvalue weighted by Crippen LogP contribution is 2.46. The van der Waals surface area contributed by atoms with Crippen LogP contribution < -0.4 is 5.32 Å². The third kappa shape index (κ3) is 5.87. The quantitative estimate of drug-likeness (QED) is 0.353. The molecule has 3 unspecified atom stereocenters. The van der Waals surface area contributed by atoms with E-state index in [2.05, 4.69) is 20.1 Å². The number of nitrogens with one attached hydrogen (secondary N) is 1. The van der Waals surface area contributed by atoms with Crippen LogP contribution >= 0.6 is 24.0 Å². The van der Waals surface area contributed by atoms with Crippen molar-refractivity contribution >= 4 is 35.8 Å². The number of hydrogen-bond acceptors (Lipinski definition) is 3. The third-order valence-corrected chi connectivity index (χ3v) is 6.24. The Morgan fingerprint density at radius 1 is 1.18 bits per heavy atom. The van der Waals surface area contributed by atoms with Gasteiger partial charge in [-0.25, -0.2) is 0 Å². The molecule has 3 rings (SSSR count). The molecule has 1 amide bonds. The number of likely N-dealkylation sites (N-methyl/N-ethyl adjacent to an activating group) is 1. The lowest BCUT2D eigenvalue weighted by molar-refractivity contribution is -0.157. The lowest BCUT2D eigenvalue weighted by Gasteiger charge is -2.41. The van der Waals surface area contributed by atoms with Gasteiger partial charge in [-0.2, -0.15) is 13.2 Å². The Labute approximate surface area is 181 Å². The molecule has 3 fully saturated rings. The number of carbonyl (C=O) groups excluding carboxylic acids is 1. The van der Waals surface area contributed by atoms with Crippen molar-refractivity contribution in [3.8, 4) is 0 Å². The monoisotopic (exact) mass is 517 g/mol. The fourth-order valence-corrected chi connectivity index (χ4v) is 4.90. The third-order valence-electron chi connectivity index (χ3n) is 6.24. The number of rotatable bonds is 4. The Bertz CT molecular complexity index is 566. The van der Waals surface area contributed by atoms with Gasteiger partial charge in [-0.1, -0.05) is 6.42 Å². The van der Waals surface area contributed by atoms with Crippen molar-refractivity contribution in [2.24, 2.45) is 16.8 Å². The van der Waals surface area contributed by atoms with Gasteiger partial charge in [0.05, 0.1) is 6.54 Å². The van der Waals surface area contributed by atoms with E-state index in [0.29, 0.717) is 10.9 Å². The summed E-state index contributed by atoms with van der Waals surface area (Å²) in [7, 11) is 2.79.